The lowest BCUT2D eigenvalue weighted by Gasteiger charge is -2.14. The highest BCUT2D eigenvalue weighted by Crippen LogP contribution is 2.22. The van der Waals surface area contributed by atoms with Gasteiger partial charge in [-0.3, -0.25) is 0 Å². The maximum Gasteiger partial charge on any atom is 0.0931 e. The van der Waals surface area contributed by atoms with Gasteiger partial charge in [0.15, 0.2) is 0 Å². The number of hydrogen-bond acceptors (Lipinski definition) is 3. The van der Waals surface area contributed by atoms with Crippen LogP contribution in [0.4, 0.5) is 0 Å². The van der Waals surface area contributed by atoms with Crippen LogP contribution in [0.3, 0.4) is 0 Å². The zero-order valence-corrected chi connectivity index (χ0v) is 9.94. The Kier molecular flexibility index (Phi) is 5.48. The second kappa shape index (κ2) is 6.40. The highest BCUT2D eigenvalue weighted by Gasteiger charge is 2.02. The van der Waals surface area contributed by atoms with E-state index in [1.54, 1.807) is 11.3 Å². The molecular formula is C10H16ClNOS. The molecule has 0 saturated heterocycles. The van der Waals surface area contributed by atoms with Crippen molar-refractivity contribution in [1.82, 2.24) is 4.90 Å². The summed E-state index contributed by atoms with van der Waals surface area (Å²) in [6.45, 7) is 2.26. The molecule has 0 radical (unpaired) electrons. The first-order valence-electron chi connectivity index (χ1n) is 4.76. The fourth-order valence-corrected chi connectivity index (χ4v) is 2.44. The zero-order valence-electron chi connectivity index (χ0n) is 8.37. The molecule has 1 N–H and O–H groups in total. The molecule has 0 aromatic carbocycles. The largest absolute Gasteiger partial charge is 0.396 e. The Morgan fingerprint density at radius 1 is 1.43 bits per heavy atom. The van der Waals surface area contributed by atoms with E-state index in [1.807, 2.05) is 6.07 Å². The van der Waals surface area contributed by atoms with Crippen molar-refractivity contribution >= 4 is 22.9 Å². The maximum atomic E-state index is 8.64. The molecule has 0 aliphatic rings. The van der Waals surface area contributed by atoms with E-state index in [9.17, 15) is 0 Å². The SMILES string of the molecule is CN(CCCCO)Cc1ccc(Cl)s1. The van der Waals surface area contributed by atoms with Gasteiger partial charge in [0.2, 0.25) is 0 Å². The van der Waals surface area contributed by atoms with Crippen molar-refractivity contribution in [3.05, 3.63) is 21.3 Å². The summed E-state index contributed by atoms with van der Waals surface area (Å²) in [5.74, 6) is 0. The normalized spacial score (nSPS) is 11.1. The van der Waals surface area contributed by atoms with Gasteiger partial charge in [-0.2, -0.15) is 0 Å². The van der Waals surface area contributed by atoms with Crippen molar-refractivity contribution in [1.29, 1.82) is 0 Å². The van der Waals surface area contributed by atoms with Gasteiger partial charge in [0.1, 0.15) is 0 Å². The zero-order chi connectivity index (χ0) is 10.4. The van der Waals surface area contributed by atoms with Gasteiger partial charge in [0, 0.05) is 18.0 Å². The predicted molar refractivity (Wildman–Crippen MR) is 62.0 cm³/mol. The number of rotatable bonds is 6. The summed E-state index contributed by atoms with van der Waals surface area (Å²) in [7, 11) is 2.09. The molecule has 1 rings (SSSR count). The number of unbranched alkanes of at least 4 members (excludes halogenated alkanes) is 1. The first kappa shape index (κ1) is 12.0. The molecule has 1 heterocycles. The molecule has 0 saturated carbocycles. The van der Waals surface area contributed by atoms with Crippen molar-refractivity contribution in [2.24, 2.45) is 0 Å². The van der Waals surface area contributed by atoms with Gasteiger partial charge in [0.05, 0.1) is 4.34 Å². The lowest BCUT2D eigenvalue weighted by Crippen LogP contribution is -2.18. The Labute approximate surface area is 94.1 Å². The maximum absolute atomic E-state index is 8.64. The Morgan fingerprint density at radius 2 is 2.21 bits per heavy atom. The number of thiophene rings is 1. The standard InChI is InChI=1S/C10H16ClNOS/c1-12(6-2-3-7-13)8-9-4-5-10(11)14-9/h4-5,13H,2-3,6-8H2,1H3. The van der Waals surface area contributed by atoms with Crippen LogP contribution in [0, 0.1) is 0 Å². The minimum Gasteiger partial charge on any atom is -0.396 e. The molecule has 0 bridgehead atoms. The van der Waals surface area contributed by atoms with E-state index in [1.165, 1.54) is 4.88 Å². The first-order valence-corrected chi connectivity index (χ1v) is 5.95. The molecule has 80 valence electrons. The number of hydrogen-bond donors (Lipinski definition) is 1. The monoisotopic (exact) mass is 233 g/mol. The fraction of sp³-hybridized carbons (Fsp3) is 0.600. The van der Waals surface area contributed by atoms with Crippen molar-refractivity contribution in [3.63, 3.8) is 0 Å². The average molecular weight is 234 g/mol. The van der Waals surface area contributed by atoms with Crippen molar-refractivity contribution < 1.29 is 5.11 Å². The third-order valence-electron chi connectivity index (χ3n) is 2.00. The number of nitrogens with zero attached hydrogens (tertiary/aromatic N) is 1. The molecule has 0 aliphatic heterocycles. The summed E-state index contributed by atoms with van der Waals surface area (Å²) in [4.78, 5) is 3.54. The molecule has 1 aromatic heterocycles. The first-order chi connectivity index (χ1) is 6.72. The number of halogens is 1. The van der Waals surface area contributed by atoms with E-state index in [-0.39, 0.29) is 0 Å². The molecule has 14 heavy (non-hydrogen) atoms. The van der Waals surface area contributed by atoms with Crippen LogP contribution in [-0.4, -0.2) is 30.2 Å². The van der Waals surface area contributed by atoms with E-state index in [0.29, 0.717) is 6.61 Å². The highest BCUT2D eigenvalue weighted by molar-refractivity contribution is 7.16. The van der Waals surface area contributed by atoms with E-state index < -0.39 is 0 Å². The molecule has 2 nitrogen and oxygen atoms in total. The average Bonchev–Trinajstić information content (AvgIpc) is 2.52. The minimum atomic E-state index is 0.290. The van der Waals surface area contributed by atoms with Crippen molar-refractivity contribution in [3.8, 4) is 0 Å². The quantitative estimate of drug-likeness (QED) is 0.764. The van der Waals surface area contributed by atoms with Gasteiger partial charge in [-0.25, -0.2) is 0 Å². The highest BCUT2D eigenvalue weighted by atomic mass is 35.5. The molecular weight excluding hydrogens is 218 g/mol. The summed E-state index contributed by atoms with van der Waals surface area (Å²) < 4.78 is 0.851. The van der Waals surface area contributed by atoms with Crippen LogP contribution in [0.2, 0.25) is 4.34 Å². The topological polar surface area (TPSA) is 23.5 Å². The van der Waals surface area contributed by atoms with Crippen LogP contribution in [0.1, 0.15) is 17.7 Å². The molecule has 4 heteroatoms. The molecule has 0 fully saturated rings. The van der Waals surface area contributed by atoms with E-state index in [0.717, 1.165) is 30.3 Å². The van der Waals surface area contributed by atoms with Crippen LogP contribution in [-0.2, 0) is 6.54 Å². The van der Waals surface area contributed by atoms with Crippen LogP contribution >= 0.6 is 22.9 Å². The number of aliphatic hydroxyl groups is 1. The Hall–Kier alpha value is -0.0900. The molecule has 0 atom stereocenters. The molecule has 0 spiro atoms. The van der Waals surface area contributed by atoms with Crippen molar-refractivity contribution in [2.75, 3.05) is 20.2 Å². The van der Waals surface area contributed by atoms with Gasteiger partial charge in [-0.1, -0.05) is 11.6 Å². The minimum absolute atomic E-state index is 0.290. The summed E-state index contributed by atoms with van der Waals surface area (Å²) in [5, 5.41) is 8.64. The van der Waals surface area contributed by atoms with Crippen LogP contribution in [0.25, 0.3) is 0 Å². The Morgan fingerprint density at radius 3 is 2.79 bits per heavy atom. The smallest absolute Gasteiger partial charge is 0.0931 e. The third kappa shape index (κ3) is 4.42. The van der Waals surface area contributed by atoms with Gasteiger partial charge in [0.25, 0.3) is 0 Å². The van der Waals surface area contributed by atoms with E-state index in [4.69, 9.17) is 16.7 Å². The van der Waals surface area contributed by atoms with Crippen LogP contribution in [0.5, 0.6) is 0 Å². The van der Waals surface area contributed by atoms with Gasteiger partial charge >= 0.3 is 0 Å². The summed E-state index contributed by atoms with van der Waals surface area (Å²) in [5.41, 5.74) is 0. The van der Waals surface area contributed by atoms with E-state index in [2.05, 4.69) is 18.0 Å². The Balaban J connectivity index is 2.23. The second-order valence-corrected chi connectivity index (χ2v) is 5.17. The molecule has 0 amide bonds. The third-order valence-corrected chi connectivity index (χ3v) is 3.22. The Bertz CT molecular complexity index is 264. The predicted octanol–water partition coefficient (Wildman–Crippen LogP) is 2.61. The molecule has 0 unspecified atom stereocenters. The molecule has 1 aromatic rings. The van der Waals surface area contributed by atoms with Gasteiger partial charge in [-0.15, -0.1) is 11.3 Å². The van der Waals surface area contributed by atoms with Crippen LogP contribution < -0.4 is 0 Å². The number of aliphatic hydroxyl groups excluding tert-OH is 1. The van der Waals surface area contributed by atoms with Gasteiger partial charge in [-0.05, 0) is 38.6 Å². The second-order valence-electron chi connectivity index (χ2n) is 3.37. The summed E-state index contributed by atoms with van der Waals surface area (Å²) in [6, 6.07) is 4.00. The van der Waals surface area contributed by atoms with Crippen LogP contribution in [0.15, 0.2) is 12.1 Å². The fourth-order valence-electron chi connectivity index (χ4n) is 1.28. The summed E-state index contributed by atoms with van der Waals surface area (Å²) in [6.07, 6.45) is 1.93. The molecule has 0 aliphatic carbocycles. The van der Waals surface area contributed by atoms with E-state index >= 15 is 0 Å². The van der Waals surface area contributed by atoms with Gasteiger partial charge < -0.3 is 10.0 Å². The van der Waals surface area contributed by atoms with Crippen molar-refractivity contribution in [2.45, 2.75) is 19.4 Å². The summed E-state index contributed by atoms with van der Waals surface area (Å²) >= 11 is 7.47. The lowest BCUT2D eigenvalue weighted by molar-refractivity contribution is 0.262. The lowest BCUT2D eigenvalue weighted by atomic mass is 10.3.